The van der Waals surface area contributed by atoms with E-state index in [2.05, 4.69) is 142 Å². The van der Waals surface area contributed by atoms with Gasteiger partial charge in [0.05, 0.1) is 0 Å². The van der Waals surface area contributed by atoms with Gasteiger partial charge in [0.1, 0.15) is 13.2 Å². The number of esters is 3. The van der Waals surface area contributed by atoms with E-state index in [-0.39, 0.29) is 31.1 Å². The first kappa shape index (κ1) is 75.8. The number of carbonyl (C=O) groups is 3. The average molecular weight is 1110 g/mol. The van der Waals surface area contributed by atoms with Gasteiger partial charge in [0, 0.05) is 19.3 Å². The summed E-state index contributed by atoms with van der Waals surface area (Å²) in [5, 5.41) is 0. The first-order valence-electron chi connectivity index (χ1n) is 33.5. The van der Waals surface area contributed by atoms with Crippen LogP contribution in [-0.2, 0) is 28.6 Å². The van der Waals surface area contributed by atoms with Crippen LogP contribution in [0.4, 0.5) is 0 Å². The Bertz CT molecular complexity index is 1650. The van der Waals surface area contributed by atoms with Crippen molar-refractivity contribution < 1.29 is 28.6 Å². The largest absolute Gasteiger partial charge is 0.462 e. The molecule has 0 aliphatic carbocycles. The van der Waals surface area contributed by atoms with Crippen LogP contribution >= 0.6 is 0 Å². The van der Waals surface area contributed by atoms with Gasteiger partial charge in [-0.2, -0.15) is 0 Å². The molecule has 0 radical (unpaired) electrons. The Hall–Kier alpha value is -4.19. The van der Waals surface area contributed by atoms with Crippen molar-refractivity contribution in [3.63, 3.8) is 0 Å². The van der Waals surface area contributed by atoms with Crippen molar-refractivity contribution in [2.45, 2.75) is 316 Å². The fraction of sp³-hybridized carbons (Fsp3) is 0.689. The molecular weight excluding hydrogens is 985 g/mol. The number of unbranched alkanes of at least 4 members (excludes halogenated alkanes) is 29. The smallest absolute Gasteiger partial charge is 0.306 e. The SMILES string of the molecule is CC/C=C\C/C=C\C/C=C\C/C=C\C/C=C\C/C=C\C/C=C\C/C=C\CCCCCCCCCCCCC(=O)OCC(COC(=O)CCCCCCCC)OC(=O)CCCCCCCCCCC/C=C\C/C=C\CCCCCCC. The second-order valence-corrected chi connectivity index (χ2v) is 22.0. The Kier molecular flexibility index (Phi) is 63.8. The molecule has 0 aliphatic heterocycles. The third-order valence-electron chi connectivity index (χ3n) is 14.2. The van der Waals surface area contributed by atoms with E-state index in [0.29, 0.717) is 19.3 Å². The molecule has 0 aromatic heterocycles. The zero-order valence-corrected chi connectivity index (χ0v) is 52.3. The van der Waals surface area contributed by atoms with Crippen molar-refractivity contribution in [2.75, 3.05) is 13.2 Å². The molecule has 0 amide bonds. The normalized spacial score (nSPS) is 12.9. The van der Waals surface area contributed by atoms with E-state index in [4.69, 9.17) is 14.2 Å². The highest BCUT2D eigenvalue weighted by atomic mass is 16.6. The molecule has 0 fully saturated rings. The molecule has 0 saturated heterocycles. The van der Waals surface area contributed by atoms with Gasteiger partial charge in [-0.15, -0.1) is 0 Å². The Labute approximate surface area is 494 Å². The van der Waals surface area contributed by atoms with E-state index < -0.39 is 6.10 Å². The molecular formula is C74H124O6. The minimum atomic E-state index is -0.781. The first-order chi connectivity index (χ1) is 39.5. The van der Waals surface area contributed by atoms with Gasteiger partial charge in [0.25, 0.3) is 0 Å². The maximum absolute atomic E-state index is 12.9. The minimum absolute atomic E-state index is 0.0806. The molecule has 6 nitrogen and oxygen atoms in total. The number of rotatable bonds is 60. The molecule has 0 aromatic carbocycles. The van der Waals surface area contributed by atoms with E-state index in [0.717, 1.165) is 116 Å². The van der Waals surface area contributed by atoms with Crippen molar-refractivity contribution in [3.8, 4) is 0 Å². The molecule has 0 bridgehead atoms. The summed E-state index contributed by atoms with van der Waals surface area (Å²) in [7, 11) is 0. The van der Waals surface area contributed by atoms with Crippen LogP contribution in [0.25, 0.3) is 0 Å². The molecule has 0 N–H and O–H groups in total. The average Bonchev–Trinajstić information content (AvgIpc) is 3.46. The van der Waals surface area contributed by atoms with Gasteiger partial charge in [0.2, 0.25) is 0 Å². The first-order valence-corrected chi connectivity index (χ1v) is 33.5. The van der Waals surface area contributed by atoms with Crippen LogP contribution in [0.15, 0.2) is 122 Å². The Morgan fingerprint density at radius 2 is 0.487 bits per heavy atom. The lowest BCUT2D eigenvalue weighted by molar-refractivity contribution is -0.167. The summed E-state index contributed by atoms with van der Waals surface area (Å²) in [6.07, 6.45) is 93.9. The van der Waals surface area contributed by atoms with Crippen molar-refractivity contribution in [2.24, 2.45) is 0 Å². The molecule has 80 heavy (non-hydrogen) atoms. The molecule has 1 atom stereocenters. The lowest BCUT2D eigenvalue weighted by Gasteiger charge is -2.18. The molecule has 0 aromatic rings. The Morgan fingerprint density at radius 1 is 0.263 bits per heavy atom. The monoisotopic (exact) mass is 1110 g/mol. The van der Waals surface area contributed by atoms with Gasteiger partial charge in [-0.05, 0) is 116 Å². The van der Waals surface area contributed by atoms with Crippen LogP contribution in [0.1, 0.15) is 310 Å². The number of hydrogen-bond acceptors (Lipinski definition) is 6. The fourth-order valence-corrected chi connectivity index (χ4v) is 9.20. The quantitative estimate of drug-likeness (QED) is 0.0261. The topological polar surface area (TPSA) is 78.9 Å². The van der Waals surface area contributed by atoms with Crippen LogP contribution in [0.2, 0.25) is 0 Å². The van der Waals surface area contributed by atoms with Crippen molar-refractivity contribution in [1.29, 1.82) is 0 Å². The predicted molar refractivity (Wildman–Crippen MR) is 348 cm³/mol. The zero-order chi connectivity index (χ0) is 57.8. The van der Waals surface area contributed by atoms with Crippen LogP contribution in [0.5, 0.6) is 0 Å². The highest BCUT2D eigenvalue weighted by molar-refractivity contribution is 5.71. The maximum atomic E-state index is 12.9. The number of carbonyl (C=O) groups excluding carboxylic acids is 3. The minimum Gasteiger partial charge on any atom is -0.462 e. The van der Waals surface area contributed by atoms with Crippen LogP contribution in [-0.4, -0.2) is 37.2 Å². The summed E-state index contributed by atoms with van der Waals surface area (Å²) in [6, 6.07) is 0. The van der Waals surface area contributed by atoms with E-state index in [1.54, 1.807) is 0 Å². The molecule has 456 valence electrons. The lowest BCUT2D eigenvalue weighted by Crippen LogP contribution is -2.30. The second-order valence-electron chi connectivity index (χ2n) is 22.0. The van der Waals surface area contributed by atoms with E-state index in [1.165, 1.54) is 154 Å². The fourth-order valence-electron chi connectivity index (χ4n) is 9.20. The molecule has 0 rings (SSSR count). The van der Waals surface area contributed by atoms with Crippen LogP contribution in [0, 0.1) is 0 Å². The van der Waals surface area contributed by atoms with Crippen molar-refractivity contribution in [3.05, 3.63) is 122 Å². The Morgan fingerprint density at radius 3 is 0.762 bits per heavy atom. The van der Waals surface area contributed by atoms with Crippen LogP contribution in [0.3, 0.4) is 0 Å². The molecule has 6 heteroatoms. The van der Waals surface area contributed by atoms with Gasteiger partial charge in [-0.1, -0.05) is 296 Å². The third-order valence-corrected chi connectivity index (χ3v) is 14.2. The van der Waals surface area contributed by atoms with Crippen LogP contribution < -0.4 is 0 Å². The molecule has 1 unspecified atom stereocenters. The Balaban J connectivity index is 4.08. The third kappa shape index (κ3) is 64.6. The maximum Gasteiger partial charge on any atom is 0.306 e. The number of ether oxygens (including phenoxy) is 3. The van der Waals surface area contributed by atoms with Gasteiger partial charge in [0.15, 0.2) is 6.10 Å². The summed E-state index contributed by atoms with van der Waals surface area (Å²) >= 11 is 0. The van der Waals surface area contributed by atoms with E-state index in [9.17, 15) is 14.4 Å². The second kappa shape index (κ2) is 67.3. The molecule has 0 heterocycles. The summed E-state index contributed by atoms with van der Waals surface area (Å²) in [4.78, 5) is 38.0. The molecule has 0 spiro atoms. The standard InChI is InChI=1S/C74H124O6/c1-4-7-10-13-16-18-20-22-24-26-28-30-31-32-33-34-35-36-37-38-39-40-41-42-43-45-46-48-50-52-54-56-58-61-64-67-73(76)79-70-71(69-78-72(75)66-63-60-15-12-9-6-3)80-74(77)68-65-62-59-57-55-53-51-49-47-44-29-27-25-23-21-19-17-14-11-8-5-2/h7,10,16,18,21-24,27-30,32-33,35-36,38-39,41-42,71H,4-6,8-9,11-15,17,19-20,25-26,31,34,37,40,43-70H2,1-3H3/b10-7-,18-16-,23-21-,24-22-,29-27-,30-28-,33-32-,36-35-,39-38-,42-41-. The van der Waals surface area contributed by atoms with E-state index in [1.807, 2.05) is 0 Å². The lowest BCUT2D eigenvalue weighted by atomic mass is 10.1. The van der Waals surface area contributed by atoms with Gasteiger partial charge in [-0.3, -0.25) is 14.4 Å². The van der Waals surface area contributed by atoms with Gasteiger partial charge in [-0.25, -0.2) is 0 Å². The van der Waals surface area contributed by atoms with Crippen molar-refractivity contribution in [1.82, 2.24) is 0 Å². The molecule has 0 saturated carbocycles. The predicted octanol–water partition coefficient (Wildman–Crippen LogP) is 23.2. The zero-order valence-electron chi connectivity index (χ0n) is 52.3. The van der Waals surface area contributed by atoms with Gasteiger partial charge < -0.3 is 14.2 Å². The van der Waals surface area contributed by atoms with Gasteiger partial charge >= 0.3 is 17.9 Å². The number of hydrogen-bond donors (Lipinski definition) is 0. The summed E-state index contributed by atoms with van der Waals surface area (Å²) in [6.45, 7) is 6.46. The summed E-state index contributed by atoms with van der Waals surface area (Å²) in [5.41, 5.74) is 0. The van der Waals surface area contributed by atoms with E-state index >= 15 is 0 Å². The summed E-state index contributed by atoms with van der Waals surface area (Å²) < 4.78 is 16.8. The number of allylic oxidation sites excluding steroid dienone is 20. The highest BCUT2D eigenvalue weighted by Gasteiger charge is 2.19. The highest BCUT2D eigenvalue weighted by Crippen LogP contribution is 2.16. The molecule has 0 aliphatic rings. The van der Waals surface area contributed by atoms with Crippen molar-refractivity contribution >= 4 is 17.9 Å². The summed E-state index contributed by atoms with van der Waals surface area (Å²) in [5.74, 6) is -0.893.